The molecule has 0 aliphatic carbocycles. The molecule has 0 saturated carbocycles. The molecule has 1 saturated heterocycles. The minimum absolute atomic E-state index is 0.488. The number of likely N-dealkylation sites (N-methyl/N-ethyl adjacent to an activating group) is 1. The Labute approximate surface area is 209 Å². The molecule has 0 radical (unpaired) electrons. The first kappa shape index (κ1) is 22.0. The molecule has 6 rings (SSSR count). The Morgan fingerprint density at radius 2 is 1.75 bits per heavy atom. The largest absolute Gasteiger partial charge is 0.379 e. The lowest BCUT2D eigenvalue weighted by atomic mass is 10.1. The highest BCUT2D eigenvalue weighted by molar-refractivity contribution is 6.00. The summed E-state index contributed by atoms with van der Waals surface area (Å²) in [4.78, 5) is 13.6. The summed E-state index contributed by atoms with van der Waals surface area (Å²) in [5.74, 6) is 0.568. The van der Waals surface area contributed by atoms with Gasteiger partial charge in [0.2, 0.25) is 0 Å². The standard InChI is InChI=1S/C28H26N8/c1-34-13-15-35(16-14-34)22-7-8-25-23(17-22)26(31-19-20-5-3-2-4-6-20)24(18-29)28-32-27(33-36(25)28)21-9-11-30-12-10-21/h2-12,17,31H,13-16,19H2,1H3. The molecular weight excluding hydrogens is 448 g/mol. The zero-order chi connectivity index (χ0) is 24.5. The maximum absolute atomic E-state index is 10.3. The number of nitrogens with zero attached hydrogens (tertiary/aromatic N) is 7. The number of hydrogen-bond donors (Lipinski definition) is 1. The van der Waals surface area contributed by atoms with E-state index >= 15 is 0 Å². The average molecular weight is 475 g/mol. The third kappa shape index (κ3) is 4.00. The van der Waals surface area contributed by atoms with Gasteiger partial charge in [-0.05, 0) is 42.9 Å². The lowest BCUT2D eigenvalue weighted by Crippen LogP contribution is -2.44. The van der Waals surface area contributed by atoms with Crippen molar-refractivity contribution in [1.29, 1.82) is 5.26 Å². The topological polar surface area (TPSA) is 85.4 Å². The van der Waals surface area contributed by atoms with Crippen molar-refractivity contribution in [3.63, 3.8) is 0 Å². The average Bonchev–Trinajstić information content (AvgIpc) is 3.38. The highest BCUT2D eigenvalue weighted by Crippen LogP contribution is 2.34. The molecule has 8 heteroatoms. The van der Waals surface area contributed by atoms with Crippen molar-refractivity contribution in [1.82, 2.24) is 24.5 Å². The SMILES string of the molecule is CN1CCN(c2ccc3c(c2)c(NCc2ccccc2)c(C#N)c2nc(-c4ccncc4)nn23)CC1. The van der Waals surface area contributed by atoms with Crippen molar-refractivity contribution >= 4 is 27.9 Å². The lowest BCUT2D eigenvalue weighted by Gasteiger charge is -2.34. The summed E-state index contributed by atoms with van der Waals surface area (Å²) in [7, 11) is 2.16. The third-order valence-electron chi connectivity index (χ3n) is 6.79. The van der Waals surface area contributed by atoms with Crippen LogP contribution in [0.3, 0.4) is 0 Å². The van der Waals surface area contributed by atoms with E-state index in [0.717, 1.165) is 59.6 Å². The fourth-order valence-corrected chi connectivity index (χ4v) is 4.76. The second-order valence-corrected chi connectivity index (χ2v) is 9.10. The molecule has 1 aliphatic heterocycles. The summed E-state index contributed by atoms with van der Waals surface area (Å²) >= 11 is 0. The normalized spacial score (nSPS) is 14.3. The Hall–Kier alpha value is -4.48. The molecule has 1 N–H and O–H groups in total. The fraction of sp³-hybridized carbons (Fsp3) is 0.214. The van der Waals surface area contributed by atoms with Crippen molar-refractivity contribution < 1.29 is 0 Å². The Balaban J connectivity index is 1.53. The van der Waals surface area contributed by atoms with E-state index in [4.69, 9.17) is 10.1 Å². The zero-order valence-electron chi connectivity index (χ0n) is 20.1. The number of piperazine rings is 1. The van der Waals surface area contributed by atoms with Crippen LogP contribution in [-0.2, 0) is 6.54 Å². The van der Waals surface area contributed by atoms with Gasteiger partial charge in [0.1, 0.15) is 11.6 Å². The number of hydrogen-bond acceptors (Lipinski definition) is 7. The molecule has 2 aromatic carbocycles. The predicted molar refractivity (Wildman–Crippen MR) is 142 cm³/mol. The molecule has 1 aliphatic rings. The molecule has 1 fully saturated rings. The van der Waals surface area contributed by atoms with Crippen molar-refractivity contribution in [3.8, 4) is 17.5 Å². The molecule has 36 heavy (non-hydrogen) atoms. The van der Waals surface area contributed by atoms with Gasteiger partial charge in [-0.15, -0.1) is 5.10 Å². The maximum Gasteiger partial charge on any atom is 0.182 e. The van der Waals surface area contributed by atoms with Crippen molar-refractivity contribution in [2.75, 3.05) is 43.4 Å². The molecule has 8 nitrogen and oxygen atoms in total. The predicted octanol–water partition coefficient (Wildman–Crippen LogP) is 4.18. The van der Waals surface area contributed by atoms with Crippen LogP contribution in [0.5, 0.6) is 0 Å². The minimum Gasteiger partial charge on any atom is -0.379 e. The van der Waals surface area contributed by atoms with Crippen LogP contribution in [0.25, 0.3) is 27.9 Å². The zero-order valence-corrected chi connectivity index (χ0v) is 20.1. The van der Waals surface area contributed by atoms with Gasteiger partial charge in [-0.2, -0.15) is 5.26 Å². The summed E-state index contributed by atoms with van der Waals surface area (Å²) in [5.41, 5.74) is 5.87. The van der Waals surface area contributed by atoms with Crippen LogP contribution >= 0.6 is 0 Å². The van der Waals surface area contributed by atoms with E-state index in [-0.39, 0.29) is 0 Å². The number of anilines is 2. The molecule has 5 aromatic rings. The maximum atomic E-state index is 10.3. The number of nitrogens with one attached hydrogen (secondary N) is 1. The fourth-order valence-electron chi connectivity index (χ4n) is 4.76. The Kier molecular flexibility index (Phi) is 5.68. The molecule has 0 bridgehead atoms. The summed E-state index contributed by atoms with van der Waals surface area (Å²) in [6.45, 7) is 4.59. The number of rotatable bonds is 5. The molecule has 0 unspecified atom stereocenters. The van der Waals surface area contributed by atoms with E-state index in [2.05, 4.69) is 63.5 Å². The van der Waals surface area contributed by atoms with Crippen LogP contribution < -0.4 is 10.2 Å². The highest BCUT2D eigenvalue weighted by Gasteiger charge is 2.21. The van der Waals surface area contributed by atoms with Gasteiger partial charge in [-0.1, -0.05) is 30.3 Å². The van der Waals surface area contributed by atoms with Gasteiger partial charge in [0.05, 0.1) is 11.2 Å². The molecule has 0 atom stereocenters. The number of fused-ring (bicyclic) bond motifs is 3. The van der Waals surface area contributed by atoms with Crippen molar-refractivity contribution in [2.24, 2.45) is 0 Å². The van der Waals surface area contributed by atoms with Gasteiger partial charge in [-0.3, -0.25) is 4.98 Å². The first-order valence-electron chi connectivity index (χ1n) is 12.1. The lowest BCUT2D eigenvalue weighted by molar-refractivity contribution is 0.313. The smallest absolute Gasteiger partial charge is 0.182 e. The second-order valence-electron chi connectivity index (χ2n) is 9.10. The van der Waals surface area contributed by atoms with Gasteiger partial charge in [0.25, 0.3) is 0 Å². The molecule has 4 heterocycles. The monoisotopic (exact) mass is 474 g/mol. The van der Waals surface area contributed by atoms with Gasteiger partial charge >= 0.3 is 0 Å². The van der Waals surface area contributed by atoms with Gasteiger partial charge < -0.3 is 15.1 Å². The first-order valence-corrected chi connectivity index (χ1v) is 12.1. The molecule has 178 valence electrons. The number of aromatic nitrogens is 4. The molecule has 0 amide bonds. The van der Waals surface area contributed by atoms with Crippen LogP contribution in [0.15, 0.2) is 73.1 Å². The number of nitriles is 1. The van der Waals surface area contributed by atoms with Gasteiger partial charge in [0, 0.05) is 61.8 Å². The first-order chi connectivity index (χ1) is 17.7. The number of pyridine rings is 2. The molecular formula is C28H26N8. The highest BCUT2D eigenvalue weighted by atomic mass is 15.3. The van der Waals surface area contributed by atoms with E-state index in [1.165, 1.54) is 0 Å². The quantitative estimate of drug-likeness (QED) is 0.409. The summed E-state index contributed by atoms with van der Waals surface area (Å²) in [6, 6.07) is 22.8. The van der Waals surface area contributed by atoms with Gasteiger partial charge in [-0.25, -0.2) is 9.50 Å². The minimum atomic E-state index is 0.488. The van der Waals surface area contributed by atoms with Crippen molar-refractivity contribution in [3.05, 3.63) is 84.2 Å². The van der Waals surface area contributed by atoms with Crippen LogP contribution in [0.1, 0.15) is 11.1 Å². The third-order valence-corrected chi connectivity index (χ3v) is 6.79. The summed E-state index contributed by atoms with van der Waals surface area (Å²) in [5, 5.41) is 19.6. The van der Waals surface area contributed by atoms with Gasteiger partial charge in [0.15, 0.2) is 11.5 Å². The van der Waals surface area contributed by atoms with E-state index in [1.54, 1.807) is 16.9 Å². The summed E-state index contributed by atoms with van der Waals surface area (Å²) in [6.07, 6.45) is 3.44. The van der Waals surface area contributed by atoms with Crippen LogP contribution in [0.4, 0.5) is 11.4 Å². The Bertz CT molecular complexity index is 1560. The Morgan fingerprint density at radius 3 is 2.50 bits per heavy atom. The Morgan fingerprint density at radius 1 is 0.972 bits per heavy atom. The van der Waals surface area contributed by atoms with Crippen LogP contribution in [-0.4, -0.2) is 57.7 Å². The summed E-state index contributed by atoms with van der Waals surface area (Å²) < 4.78 is 1.80. The second kappa shape index (κ2) is 9.29. The van der Waals surface area contributed by atoms with Crippen LogP contribution in [0.2, 0.25) is 0 Å². The van der Waals surface area contributed by atoms with Crippen LogP contribution in [0, 0.1) is 11.3 Å². The number of benzene rings is 2. The molecule has 3 aromatic heterocycles. The molecule has 0 spiro atoms. The van der Waals surface area contributed by atoms with E-state index < -0.39 is 0 Å². The van der Waals surface area contributed by atoms with E-state index in [9.17, 15) is 5.26 Å². The van der Waals surface area contributed by atoms with Crippen molar-refractivity contribution in [2.45, 2.75) is 6.54 Å². The van der Waals surface area contributed by atoms with E-state index in [1.807, 2.05) is 30.3 Å². The van der Waals surface area contributed by atoms with E-state index in [0.29, 0.717) is 23.6 Å².